The van der Waals surface area contributed by atoms with Crippen molar-refractivity contribution in [1.82, 2.24) is 9.97 Å². The van der Waals surface area contributed by atoms with Gasteiger partial charge in [-0.3, -0.25) is 0 Å². The van der Waals surface area contributed by atoms with Crippen LogP contribution in [-0.4, -0.2) is 29.2 Å². The molecule has 0 amide bonds. The van der Waals surface area contributed by atoms with Crippen molar-refractivity contribution in [3.63, 3.8) is 0 Å². The standard InChI is InChI=1S/C12H21N5O/c1-3-4-10-15-11(8(2)12(16-10)17-13)14-9-5-6-18-7-9/h9H,3-7,13H2,1-2H3,(H2,14,15,16,17). The van der Waals surface area contributed by atoms with Gasteiger partial charge in [-0.2, -0.15) is 0 Å². The maximum atomic E-state index is 5.50. The molecule has 1 aromatic rings. The van der Waals surface area contributed by atoms with E-state index < -0.39 is 0 Å². The summed E-state index contributed by atoms with van der Waals surface area (Å²) in [6.07, 6.45) is 2.88. The third-order valence-electron chi connectivity index (χ3n) is 3.07. The Hall–Kier alpha value is -1.40. The van der Waals surface area contributed by atoms with Crippen LogP contribution in [0.5, 0.6) is 0 Å². The molecule has 6 heteroatoms. The van der Waals surface area contributed by atoms with Gasteiger partial charge in [0.1, 0.15) is 17.5 Å². The Morgan fingerprint density at radius 3 is 2.78 bits per heavy atom. The van der Waals surface area contributed by atoms with Gasteiger partial charge in [-0.25, -0.2) is 15.8 Å². The van der Waals surface area contributed by atoms with Crippen molar-refractivity contribution in [2.45, 2.75) is 39.2 Å². The highest BCUT2D eigenvalue weighted by atomic mass is 16.5. The van der Waals surface area contributed by atoms with Crippen LogP contribution in [0.4, 0.5) is 11.6 Å². The summed E-state index contributed by atoms with van der Waals surface area (Å²) >= 11 is 0. The average molecular weight is 251 g/mol. The molecule has 1 fully saturated rings. The molecule has 0 spiro atoms. The van der Waals surface area contributed by atoms with Gasteiger partial charge in [0.2, 0.25) is 0 Å². The van der Waals surface area contributed by atoms with Gasteiger partial charge >= 0.3 is 0 Å². The number of rotatable bonds is 5. The van der Waals surface area contributed by atoms with Crippen molar-refractivity contribution in [2.24, 2.45) is 5.84 Å². The second-order valence-corrected chi connectivity index (χ2v) is 4.56. The van der Waals surface area contributed by atoms with Gasteiger partial charge < -0.3 is 15.5 Å². The molecule has 100 valence electrons. The second-order valence-electron chi connectivity index (χ2n) is 4.56. The van der Waals surface area contributed by atoms with E-state index in [1.54, 1.807) is 0 Å². The summed E-state index contributed by atoms with van der Waals surface area (Å²) in [5, 5.41) is 3.41. The quantitative estimate of drug-likeness (QED) is 0.539. The SMILES string of the molecule is CCCc1nc(NN)c(C)c(NC2CCOC2)n1. The smallest absolute Gasteiger partial charge is 0.148 e. The number of hydrogen-bond acceptors (Lipinski definition) is 6. The summed E-state index contributed by atoms with van der Waals surface area (Å²) in [4.78, 5) is 8.96. The zero-order chi connectivity index (χ0) is 13.0. The zero-order valence-corrected chi connectivity index (χ0v) is 11.0. The van der Waals surface area contributed by atoms with Crippen molar-refractivity contribution < 1.29 is 4.74 Å². The Labute approximate surface area is 107 Å². The summed E-state index contributed by atoms with van der Waals surface area (Å²) in [5.74, 6) is 7.87. The van der Waals surface area contributed by atoms with Crippen molar-refractivity contribution in [3.8, 4) is 0 Å². The lowest BCUT2D eigenvalue weighted by Gasteiger charge is -2.16. The number of aromatic nitrogens is 2. The minimum atomic E-state index is 0.332. The van der Waals surface area contributed by atoms with Crippen LogP contribution in [-0.2, 0) is 11.2 Å². The molecule has 2 rings (SSSR count). The first-order valence-electron chi connectivity index (χ1n) is 6.43. The molecule has 0 saturated carbocycles. The molecule has 0 aliphatic carbocycles. The lowest BCUT2D eigenvalue weighted by molar-refractivity contribution is 0.195. The minimum absolute atomic E-state index is 0.332. The molecular formula is C12H21N5O. The number of nitrogens with two attached hydrogens (primary N) is 1. The minimum Gasteiger partial charge on any atom is -0.379 e. The van der Waals surface area contributed by atoms with Gasteiger partial charge in [-0.05, 0) is 19.8 Å². The fraction of sp³-hybridized carbons (Fsp3) is 0.667. The number of nitrogens with zero attached hydrogens (tertiary/aromatic N) is 2. The van der Waals surface area contributed by atoms with Gasteiger partial charge in [-0.1, -0.05) is 6.92 Å². The number of nitrogens with one attached hydrogen (secondary N) is 2. The number of ether oxygens (including phenoxy) is 1. The van der Waals surface area contributed by atoms with Crippen LogP contribution in [0.25, 0.3) is 0 Å². The number of aryl methyl sites for hydroxylation is 1. The fourth-order valence-electron chi connectivity index (χ4n) is 2.02. The van der Waals surface area contributed by atoms with Crippen LogP contribution in [0.2, 0.25) is 0 Å². The van der Waals surface area contributed by atoms with Crippen molar-refractivity contribution in [3.05, 3.63) is 11.4 Å². The first-order valence-corrected chi connectivity index (χ1v) is 6.43. The molecule has 1 unspecified atom stereocenters. The number of nitrogen functional groups attached to an aromatic ring is 1. The molecular weight excluding hydrogens is 230 g/mol. The molecule has 6 nitrogen and oxygen atoms in total. The van der Waals surface area contributed by atoms with E-state index in [4.69, 9.17) is 10.6 Å². The maximum Gasteiger partial charge on any atom is 0.148 e. The average Bonchev–Trinajstić information content (AvgIpc) is 2.86. The van der Waals surface area contributed by atoms with Crippen LogP contribution in [0.3, 0.4) is 0 Å². The Morgan fingerprint density at radius 1 is 1.39 bits per heavy atom. The molecule has 0 radical (unpaired) electrons. The molecule has 1 aromatic heterocycles. The summed E-state index contributed by atoms with van der Waals surface area (Å²) in [6, 6.07) is 0.332. The van der Waals surface area contributed by atoms with E-state index in [0.29, 0.717) is 11.9 Å². The van der Waals surface area contributed by atoms with Crippen molar-refractivity contribution >= 4 is 11.6 Å². The monoisotopic (exact) mass is 251 g/mol. The van der Waals surface area contributed by atoms with E-state index in [-0.39, 0.29) is 0 Å². The first-order chi connectivity index (χ1) is 8.74. The van der Waals surface area contributed by atoms with Crippen LogP contribution < -0.4 is 16.6 Å². The van der Waals surface area contributed by atoms with Crippen LogP contribution in [0.1, 0.15) is 31.2 Å². The van der Waals surface area contributed by atoms with Gasteiger partial charge in [0.15, 0.2) is 0 Å². The van der Waals surface area contributed by atoms with E-state index in [1.807, 2.05) is 6.92 Å². The van der Waals surface area contributed by atoms with Crippen molar-refractivity contribution in [1.29, 1.82) is 0 Å². The highest BCUT2D eigenvalue weighted by Gasteiger charge is 2.18. The third kappa shape index (κ3) is 2.88. The molecule has 4 N–H and O–H groups in total. The molecule has 18 heavy (non-hydrogen) atoms. The van der Waals surface area contributed by atoms with Gasteiger partial charge in [0.25, 0.3) is 0 Å². The summed E-state index contributed by atoms with van der Waals surface area (Å²) in [7, 11) is 0. The second kappa shape index (κ2) is 5.97. The first kappa shape index (κ1) is 13.0. The largest absolute Gasteiger partial charge is 0.379 e. The van der Waals surface area contributed by atoms with E-state index >= 15 is 0 Å². The lowest BCUT2D eigenvalue weighted by atomic mass is 10.2. The Balaban J connectivity index is 2.22. The normalized spacial score (nSPS) is 18.9. The molecule has 1 atom stereocenters. The van der Waals surface area contributed by atoms with E-state index in [0.717, 1.165) is 49.7 Å². The summed E-state index contributed by atoms with van der Waals surface area (Å²) in [5.41, 5.74) is 3.59. The number of hydrogen-bond donors (Lipinski definition) is 3. The summed E-state index contributed by atoms with van der Waals surface area (Å²) in [6.45, 7) is 5.61. The zero-order valence-electron chi connectivity index (χ0n) is 11.0. The van der Waals surface area contributed by atoms with Gasteiger partial charge in [-0.15, -0.1) is 0 Å². The number of hydrazine groups is 1. The van der Waals surface area contributed by atoms with Crippen molar-refractivity contribution in [2.75, 3.05) is 24.0 Å². The topological polar surface area (TPSA) is 85.1 Å². The molecule has 0 aromatic carbocycles. The lowest BCUT2D eigenvalue weighted by Crippen LogP contribution is -2.22. The molecule has 1 saturated heterocycles. The molecule has 1 aliphatic rings. The molecule has 2 heterocycles. The predicted molar refractivity (Wildman–Crippen MR) is 71.4 cm³/mol. The van der Waals surface area contributed by atoms with Crippen LogP contribution in [0, 0.1) is 6.92 Å². The fourth-order valence-corrected chi connectivity index (χ4v) is 2.02. The predicted octanol–water partition coefficient (Wildman–Crippen LogP) is 1.22. The van der Waals surface area contributed by atoms with E-state index in [9.17, 15) is 0 Å². The summed E-state index contributed by atoms with van der Waals surface area (Å²) < 4.78 is 5.36. The highest BCUT2D eigenvalue weighted by molar-refractivity contribution is 5.57. The Bertz CT molecular complexity index is 404. The number of anilines is 2. The highest BCUT2D eigenvalue weighted by Crippen LogP contribution is 2.22. The van der Waals surface area contributed by atoms with Crippen LogP contribution >= 0.6 is 0 Å². The molecule has 1 aliphatic heterocycles. The maximum absolute atomic E-state index is 5.50. The van der Waals surface area contributed by atoms with E-state index in [1.165, 1.54) is 0 Å². The van der Waals surface area contributed by atoms with Gasteiger partial charge in [0, 0.05) is 18.6 Å². The Morgan fingerprint density at radius 2 is 2.17 bits per heavy atom. The Kier molecular flexibility index (Phi) is 4.33. The third-order valence-corrected chi connectivity index (χ3v) is 3.07. The molecule has 0 bridgehead atoms. The van der Waals surface area contributed by atoms with E-state index in [2.05, 4.69) is 27.6 Å². The van der Waals surface area contributed by atoms with Crippen LogP contribution in [0.15, 0.2) is 0 Å². The van der Waals surface area contributed by atoms with Gasteiger partial charge in [0.05, 0.1) is 12.6 Å².